The van der Waals surface area contributed by atoms with Gasteiger partial charge in [-0.2, -0.15) is 0 Å². The molecule has 21 heavy (non-hydrogen) atoms. The van der Waals surface area contributed by atoms with Crippen molar-refractivity contribution < 1.29 is 9.90 Å². The van der Waals surface area contributed by atoms with Crippen LogP contribution in [0.4, 0.5) is 16.2 Å². The number of hydrogen-bond acceptors (Lipinski definition) is 2. The van der Waals surface area contributed by atoms with Gasteiger partial charge in [0.05, 0.1) is 16.1 Å². The number of urea groups is 1. The average Bonchev–Trinajstić information content (AvgIpc) is 2.43. The molecule has 3 N–H and O–H groups in total. The van der Waals surface area contributed by atoms with Gasteiger partial charge in [-0.05, 0) is 31.2 Å². The first-order valence-corrected chi connectivity index (χ1v) is 7.03. The van der Waals surface area contributed by atoms with Gasteiger partial charge in [-0.15, -0.1) is 0 Å². The van der Waals surface area contributed by atoms with Gasteiger partial charge in [0.2, 0.25) is 0 Å². The number of carbonyl (C=O) groups is 1. The van der Waals surface area contributed by atoms with E-state index in [0.29, 0.717) is 27.0 Å². The van der Waals surface area contributed by atoms with Gasteiger partial charge in [-0.3, -0.25) is 0 Å². The molecule has 0 spiro atoms. The lowest BCUT2D eigenvalue weighted by Gasteiger charge is -2.13. The topological polar surface area (TPSA) is 61.4 Å². The number of rotatable bonds is 3. The van der Waals surface area contributed by atoms with Gasteiger partial charge in [0.15, 0.2) is 0 Å². The smallest absolute Gasteiger partial charge is 0.323 e. The number of halogens is 2. The molecule has 1 atom stereocenters. The third-order valence-electron chi connectivity index (χ3n) is 2.84. The summed E-state index contributed by atoms with van der Waals surface area (Å²) in [4.78, 5) is 12.0. The number of amides is 2. The van der Waals surface area contributed by atoms with Gasteiger partial charge in [-0.25, -0.2) is 4.79 Å². The molecule has 0 aliphatic rings. The molecule has 0 radical (unpaired) electrons. The van der Waals surface area contributed by atoms with Crippen LogP contribution in [0, 0.1) is 0 Å². The zero-order valence-corrected chi connectivity index (χ0v) is 12.7. The third-order valence-corrected chi connectivity index (χ3v) is 3.58. The second kappa shape index (κ2) is 6.80. The number of anilines is 2. The summed E-state index contributed by atoms with van der Waals surface area (Å²) in [5.41, 5.74) is 1.71. The van der Waals surface area contributed by atoms with E-state index in [-0.39, 0.29) is 0 Å². The van der Waals surface area contributed by atoms with E-state index in [4.69, 9.17) is 23.2 Å². The zero-order chi connectivity index (χ0) is 15.4. The van der Waals surface area contributed by atoms with Crippen molar-refractivity contribution in [3.8, 4) is 0 Å². The predicted molar refractivity (Wildman–Crippen MR) is 86.2 cm³/mol. The molecule has 1 unspecified atom stereocenters. The van der Waals surface area contributed by atoms with E-state index in [1.807, 2.05) is 0 Å². The lowest BCUT2D eigenvalue weighted by Crippen LogP contribution is -2.20. The fourth-order valence-electron chi connectivity index (χ4n) is 1.83. The third kappa shape index (κ3) is 4.11. The molecule has 0 bridgehead atoms. The van der Waals surface area contributed by atoms with Gasteiger partial charge < -0.3 is 15.7 Å². The minimum absolute atomic E-state index is 0.360. The maximum atomic E-state index is 12.0. The van der Waals surface area contributed by atoms with Gasteiger partial charge in [0, 0.05) is 16.9 Å². The van der Waals surface area contributed by atoms with Gasteiger partial charge in [0.25, 0.3) is 0 Å². The molecule has 0 aliphatic heterocycles. The number of benzene rings is 2. The van der Waals surface area contributed by atoms with E-state index >= 15 is 0 Å². The number of nitrogens with one attached hydrogen (secondary N) is 2. The molecule has 0 fully saturated rings. The monoisotopic (exact) mass is 324 g/mol. The van der Waals surface area contributed by atoms with Crippen LogP contribution in [-0.2, 0) is 0 Å². The molecular weight excluding hydrogens is 311 g/mol. The van der Waals surface area contributed by atoms with Crippen molar-refractivity contribution in [2.75, 3.05) is 10.6 Å². The lowest BCUT2D eigenvalue weighted by atomic mass is 10.1. The lowest BCUT2D eigenvalue weighted by molar-refractivity contribution is 0.200. The summed E-state index contributed by atoms with van der Waals surface area (Å²) >= 11 is 11.7. The normalized spacial score (nSPS) is 11.8. The van der Waals surface area contributed by atoms with Crippen molar-refractivity contribution in [2.45, 2.75) is 13.0 Å². The summed E-state index contributed by atoms with van der Waals surface area (Å²) in [5.74, 6) is 0. The number of hydrogen-bond donors (Lipinski definition) is 3. The Hall–Kier alpha value is -1.75. The Morgan fingerprint density at radius 3 is 2.48 bits per heavy atom. The van der Waals surface area contributed by atoms with Crippen LogP contribution in [0.3, 0.4) is 0 Å². The van der Waals surface area contributed by atoms with Crippen LogP contribution in [0.1, 0.15) is 18.6 Å². The minimum Gasteiger partial charge on any atom is -0.389 e. The molecule has 0 saturated carbocycles. The number of aliphatic hydroxyl groups is 1. The quantitative estimate of drug-likeness (QED) is 0.766. The summed E-state index contributed by atoms with van der Waals surface area (Å²) in [6, 6.07) is 11.4. The molecule has 0 aliphatic carbocycles. The summed E-state index contributed by atoms with van der Waals surface area (Å²) < 4.78 is 0. The maximum absolute atomic E-state index is 12.0. The Morgan fingerprint density at radius 1 is 1.10 bits per heavy atom. The molecule has 110 valence electrons. The second-order valence-corrected chi connectivity index (χ2v) is 5.29. The highest BCUT2D eigenvalue weighted by atomic mass is 35.5. The Labute approximate surface area is 132 Å². The largest absolute Gasteiger partial charge is 0.389 e. The predicted octanol–water partition coefficient (Wildman–Crippen LogP) is 4.69. The highest BCUT2D eigenvalue weighted by molar-refractivity contribution is 6.42. The van der Waals surface area contributed by atoms with E-state index in [0.717, 1.165) is 0 Å². The molecule has 2 aromatic carbocycles. The highest BCUT2D eigenvalue weighted by Crippen LogP contribution is 2.26. The number of aliphatic hydroxyl groups excluding tert-OH is 1. The van der Waals surface area contributed by atoms with Crippen LogP contribution in [0.15, 0.2) is 42.5 Å². The van der Waals surface area contributed by atoms with Crippen LogP contribution in [-0.4, -0.2) is 11.1 Å². The molecule has 4 nitrogen and oxygen atoms in total. The van der Waals surface area contributed by atoms with E-state index < -0.39 is 12.1 Å². The minimum atomic E-state index is -0.675. The van der Waals surface area contributed by atoms with Crippen molar-refractivity contribution in [2.24, 2.45) is 0 Å². The summed E-state index contributed by atoms with van der Waals surface area (Å²) in [6.45, 7) is 1.64. The van der Waals surface area contributed by atoms with E-state index in [1.54, 1.807) is 49.4 Å². The Bertz CT molecular complexity index is 660. The standard InChI is InChI=1S/C15H14Cl2N2O2/c1-9(20)11-4-2-3-5-14(11)19-15(21)18-10-6-7-12(16)13(17)8-10/h2-9,20H,1H3,(H2,18,19,21). The van der Waals surface area contributed by atoms with Gasteiger partial charge in [-0.1, -0.05) is 41.4 Å². The highest BCUT2D eigenvalue weighted by Gasteiger charge is 2.10. The SMILES string of the molecule is CC(O)c1ccccc1NC(=O)Nc1ccc(Cl)c(Cl)c1. The fraction of sp³-hybridized carbons (Fsp3) is 0.133. The molecule has 6 heteroatoms. The first-order valence-electron chi connectivity index (χ1n) is 6.27. The Balaban J connectivity index is 2.10. The fourth-order valence-corrected chi connectivity index (χ4v) is 2.13. The van der Waals surface area contributed by atoms with E-state index in [2.05, 4.69) is 10.6 Å². The molecule has 0 heterocycles. The second-order valence-electron chi connectivity index (χ2n) is 4.47. The van der Waals surface area contributed by atoms with Crippen molar-refractivity contribution in [1.82, 2.24) is 0 Å². The summed E-state index contributed by atoms with van der Waals surface area (Å²) in [5, 5.41) is 15.8. The van der Waals surface area contributed by atoms with Gasteiger partial charge in [0.1, 0.15) is 0 Å². The molecule has 2 aromatic rings. The number of carbonyl (C=O) groups excluding carboxylic acids is 1. The molecule has 0 saturated heterocycles. The van der Waals surface area contributed by atoms with Crippen LogP contribution < -0.4 is 10.6 Å². The molecule has 0 aromatic heterocycles. The van der Waals surface area contributed by atoms with Crippen LogP contribution >= 0.6 is 23.2 Å². The average molecular weight is 325 g/mol. The van der Waals surface area contributed by atoms with Crippen LogP contribution in [0.25, 0.3) is 0 Å². The Morgan fingerprint density at radius 2 is 1.81 bits per heavy atom. The van der Waals surface area contributed by atoms with Gasteiger partial charge >= 0.3 is 6.03 Å². The first-order chi connectivity index (χ1) is 9.97. The molecular formula is C15H14Cl2N2O2. The number of para-hydroxylation sites is 1. The molecule has 2 rings (SSSR count). The summed E-state index contributed by atoms with van der Waals surface area (Å²) in [6.07, 6.45) is -0.675. The summed E-state index contributed by atoms with van der Waals surface area (Å²) in [7, 11) is 0. The molecule has 2 amide bonds. The first kappa shape index (κ1) is 15.6. The van der Waals surface area contributed by atoms with E-state index in [1.165, 1.54) is 0 Å². The maximum Gasteiger partial charge on any atom is 0.323 e. The van der Waals surface area contributed by atoms with Crippen molar-refractivity contribution in [3.63, 3.8) is 0 Å². The van der Waals surface area contributed by atoms with E-state index in [9.17, 15) is 9.90 Å². The van der Waals surface area contributed by atoms with Crippen molar-refractivity contribution in [1.29, 1.82) is 0 Å². The Kier molecular flexibility index (Phi) is 5.07. The van der Waals surface area contributed by atoms with Crippen molar-refractivity contribution >= 4 is 40.6 Å². The zero-order valence-electron chi connectivity index (χ0n) is 11.2. The van der Waals surface area contributed by atoms with Crippen molar-refractivity contribution in [3.05, 3.63) is 58.1 Å². The van der Waals surface area contributed by atoms with Crippen LogP contribution in [0.5, 0.6) is 0 Å². The van der Waals surface area contributed by atoms with Crippen LogP contribution in [0.2, 0.25) is 10.0 Å².